The van der Waals surface area contributed by atoms with Gasteiger partial charge in [-0.3, -0.25) is 0 Å². The lowest BCUT2D eigenvalue weighted by Crippen LogP contribution is -1.99. The molecule has 0 spiro atoms. The maximum absolute atomic E-state index is 3.46. The molecule has 0 unspecified atom stereocenters. The van der Waals surface area contributed by atoms with Gasteiger partial charge in [-0.05, 0) is 43.2 Å². The Morgan fingerprint density at radius 1 is 1.25 bits per heavy atom. The van der Waals surface area contributed by atoms with Crippen molar-refractivity contribution >= 4 is 0 Å². The Morgan fingerprint density at radius 2 is 2.12 bits per heavy atom. The molecule has 1 atom stereocenters. The summed E-state index contributed by atoms with van der Waals surface area (Å²) in [7, 11) is 0. The first-order valence-corrected chi connectivity index (χ1v) is 7.07. The zero-order chi connectivity index (χ0) is 11.2. The van der Waals surface area contributed by atoms with E-state index in [9.17, 15) is 0 Å². The molecule has 1 N–H and O–H groups in total. The van der Waals surface area contributed by atoms with Crippen molar-refractivity contribution in [1.82, 2.24) is 4.98 Å². The van der Waals surface area contributed by atoms with E-state index >= 15 is 0 Å². The molecule has 1 aromatic heterocycles. The van der Waals surface area contributed by atoms with Gasteiger partial charge in [-0.25, -0.2) is 0 Å². The van der Waals surface area contributed by atoms with Crippen LogP contribution in [-0.2, 0) is 6.42 Å². The highest BCUT2D eigenvalue weighted by Gasteiger charge is 2.13. The van der Waals surface area contributed by atoms with Crippen molar-refractivity contribution in [2.24, 2.45) is 0 Å². The monoisotopic (exact) mass is 219 g/mol. The zero-order valence-corrected chi connectivity index (χ0v) is 10.6. The first-order chi connectivity index (χ1) is 7.90. The quantitative estimate of drug-likeness (QED) is 0.752. The topological polar surface area (TPSA) is 15.8 Å². The second-order valence-electron chi connectivity index (χ2n) is 5.25. The molecule has 1 aromatic rings. The maximum Gasteiger partial charge on any atom is 0.0150 e. The van der Waals surface area contributed by atoms with Crippen LogP contribution in [0.3, 0.4) is 0 Å². The SMILES string of the molecule is CCCC[C@H]1CCCCCCc2cc1c[nH]2. The summed E-state index contributed by atoms with van der Waals surface area (Å²) in [5, 5.41) is 0. The van der Waals surface area contributed by atoms with E-state index in [2.05, 4.69) is 24.2 Å². The van der Waals surface area contributed by atoms with Crippen LogP contribution in [-0.4, -0.2) is 4.98 Å². The number of aromatic amines is 1. The van der Waals surface area contributed by atoms with Crippen molar-refractivity contribution in [3.63, 3.8) is 0 Å². The summed E-state index contributed by atoms with van der Waals surface area (Å²) in [6.07, 6.45) is 14.6. The molecule has 1 aliphatic carbocycles. The van der Waals surface area contributed by atoms with Gasteiger partial charge >= 0.3 is 0 Å². The molecule has 2 bridgehead atoms. The maximum atomic E-state index is 3.46. The van der Waals surface area contributed by atoms with E-state index in [1.807, 2.05) is 0 Å². The van der Waals surface area contributed by atoms with Gasteiger partial charge in [-0.1, -0.05) is 39.0 Å². The fraction of sp³-hybridized carbons (Fsp3) is 0.733. The Labute approximate surface area is 99.6 Å². The number of rotatable bonds is 3. The molecule has 16 heavy (non-hydrogen) atoms. The van der Waals surface area contributed by atoms with Crippen molar-refractivity contribution in [2.75, 3.05) is 0 Å². The second-order valence-corrected chi connectivity index (χ2v) is 5.25. The van der Waals surface area contributed by atoms with Gasteiger partial charge in [-0.15, -0.1) is 0 Å². The number of hydrogen-bond donors (Lipinski definition) is 1. The van der Waals surface area contributed by atoms with Crippen molar-refractivity contribution in [3.05, 3.63) is 23.5 Å². The van der Waals surface area contributed by atoms with Crippen LogP contribution in [0.15, 0.2) is 12.3 Å². The van der Waals surface area contributed by atoms with Gasteiger partial charge in [-0.2, -0.15) is 0 Å². The summed E-state index contributed by atoms with van der Waals surface area (Å²) in [6.45, 7) is 2.29. The molecular formula is C15H25N. The highest BCUT2D eigenvalue weighted by atomic mass is 14.7. The third kappa shape index (κ3) is 3.13. The lowest BCUT2D eigenvalue weighted by atomic mass is 9.89. The van der Waals surface area contributed by atoms with E-state index in [1.54, 1.807) is 5.56 Å². The smallest absolute Gasteiger partial charge is 0.0150 e. The van der Waals surface area contributed by atoms with Crippen molar-refractivity contribution in [3.8, 4) is 0 Å². The van der Waals surface area contributed by atoms with Crippen LogP contribution in [0.5, 0.6) is 0 Å². The Kier molecular flexibility index (Phi) is 4.50. The van der Waals surface area contributed by atoms with Gasteiger partial charge in [0.1, 0.15) is 0 Å². The molecule has 0 saturated carbocycles. The summed E-state index contributed by atoms with van der Waals surface area (Å²) in [5.74, 6) is 0.822. The molecule has 2 rings (SSSR count). The van der Waals surface area contributed by atoms with Crippen molar-refractivity contribution in [1.29, 1.82) is 0 Å². The van der Waals surface area contributed by atoms with Gasteiger partial charge in [0.2, 0.25) is 0 Å². The molecule has 1 aliphatic rings. The van der Waals surface area contributed by atoms with E-state index in [1.165, 1.54) is 63.5 Å². The Bertz CT molecular complexity index is 300. The largest absolute Gasteiger partial charge is 0.365 e. The number of unbranched alkanes of at least 4 members (excludes halogenated alkanes) is 1. The van der Waals surface area contributed by atoms with E-state index in [-0.39, 0.29) is 0 Å². The van der Waals surface area contributed by atoms with Crippen molar-refractivity contribution in [2.45, 2.75) is 70.6 Å². The first-order valence-electron chi connectivity index (χ1n) is 7.07. The minimum Gasteiger partial charge on any atom is -0.365 e. The number of nitrogens with one attached hydrogen (secondary N) is 1. The summed E-state index contributed by atoms with van der Waals surface area (Å²) < 4.78 is 0. The Hall–Kier alpha value is -0.720. The summed E-state index contributed by atoms with van der Waals surface area (Å²) >= 11 is 0. The lowest BCUT2D eigenvalue weighted by Gasteiger charge is -2.16. The number of H-pyrrole nitrogens is 1. The molecular weight excluding hydrogens is 194 g/mol. The summed E-state index contributed by atoms with van der Waals surface area (Å²) in [5.41, 5.74) is 3.03. The molecule has 0 aliphatic heterocycles. The number of hydrogen-bond acceptors (Lipinski definition) is 0. The molecule has 1 heterocycles. The fourth-order valence-electron chi connectivity index (χ4n) is 2.83. The van der Waals surface area contributed by atoms with Crippen molar-refractivity contribution < 1.29 is 0 Å². The summed E-state index contributed by atoms with van der Waals surface area (Å²) in [4.78, 5) is 3.46. The van der Waals surface area contributed by atoms with Crippen LogP contribution < -0.4 is 0 Å². The van der Waals surface area contributed by atoms with Crippen LogP contribution in [0.4, 0.5) is 0 Å². The molecule has 0 aromatic carbocycles. The van der Waals surface area contributed by atoms with Crippen LogP contribution in [0.25, 0.3) is 0 Å². The van der Waals surface area contributed by atoms with Gasteiger partial charge in [0.25, 0.3) is 0 Å². The molecule has 1 heteroatoms. The normalized spacial score (nSPS) is 21.9. The van der Waals surface area contributed by atoms with E-state index in [0.717, 1.165) is 5.92 Å². The predicted molar refractivity (Wildman–Crippen MR) is 69.8 cm³/mol. The molecule has 0 saturated heterocycles. The van der Waals surface area contributed by atoms with Gasteiger partial charge < -0.3 is 4.98 Å². The van der Waals surface area contributed by atoms with E-state index in [0.29, 0.717) is 0 Å². The van der Waals surface area contributed by atoms with E-state index in [4.69, 9.17) is 0 Å². The van der Waals surface area contributed by atoms with Crippen LogP contribution >= 0.6 is 0 Å². The highest BCUT2D eigenvalue weighted by molar-refractivity contribution is 5.21. The Morgan fingerprint density at radius 3 is 3.00 bits per heavy atom. The van der Waals surface area contributed by atoms with Gasteiger partial charge in [0, 0.05) is 11.9 Å². The van der Waals surface area contributed by atoms with Crippen LogP contribution in [0.1, 0.15) is 75.5 Å². The molecule has 0 radical (unpaired) electrons. The zero-order valence-electron chi connectivity index (χ0n) is 10.6. The standard InChI is InChI=1S/C15H25N/c1-2-3-8-13-9-6-4-5-7-10-15-11-14(13)12-16-15/h11-13,16H,2-10H2,1H3/t13-/m0/s1. The third-order valence-electron chi connectivity index (χ3n) is 3.89. The predicted octanol–water partition coefficient (Wildman–Crippen LogP) is 4.80. The first kappa shape index (κ1) is 11.8. The molecule has 90 valence electrons. The van der Waals surface area contributed by atoms with Gasteiger partial charge in [0.05, 0.1) is 0 Å². The average molecular weight is 219 g/mol. The second kappa shape index (κ2) is 6.12. The fourth-order valence-corrected chi connectivity index (χ4v) is 2.83. The minimum absolute atomic E-state index is 0.822. The van der Waals surface area contributed by atoms with Crippen LogP contribution in [0, 0.1) is 0 Å². The number of aryl methyl sites for hydroxylation is 1. The lowest BCUT2D eigenvalue weighted by molar-refractivity contribution is 0.504. The number of fused-ring (bicyclic) bond motifs is 2. The Balaban J connectivity index is 2.05. The van der Waals surface area contributed by atoms with E-state index < -0.39 is 0 Å². The molecule has 1 nitrogen and oxygen atoms in total. The van der Waals surface area contributed by atoms with Gasteiger partial charge in [0.15, 0.2) is 0 Å². The molecule has 0 amide bonds. The number of aromatic nitrogens is 1. The minimum atomic E-state index is 0.822. The highest BCUT2D eigenvalue weighted by Crippen LogP contribution is 2.30. The molecule has 0 fully saturated rings. The average Bonchev–Trinajstić information content (AvgIpc) is 2.75. The van der Waals surface area contributed by atoms with Crippen LogP contribution in [0.2, 0.25) is 0 Å². The summed E-state index contributed by atoms with van der Waals surface area (Å²) in [6, 6.07) is 2.42. The third-order valence-corrected chi connectivity index (χ3v) is 3.89.